The zero-order chi connectivity index (χ0) is 42.4. The van der Waals surface area contributed by atoms with Crippen molar-refractivity contribution in [3.05, 3.63) is 72.9 Å². The molecule has 0 aromatic heterocycles. The Bertz CT molecular complexity index is 1090. The van der Waals surface area contributed by atoms with Crippen LogP contribution in [0.15, 0.2) is 72.9 Å². The minimum Gasteiger partial charge on any atom is -0.458 e. The number of allylic oxidation sites excluding steroid dienone is 11. The molecule has 0 heterocycles. The van der Waals surface area contributed by atoms with Crippen molar-refractivity contribution in [3.63, 3.8) is 0 Å². The topological polar surface area (TPSA) is 95.9 Å². The SMILES string of the molecule is CCCCC/C=C/C=C/C=C/C=C/CCCCCCCC(=O)OC(/C=C/C/C=C\CCCCCCCC)CC(=O)NC(CO)C(O)CCCCCCCCCCCC. The predicted octanol–water partition coefficient (Wildman–Crippen LogP) is 14.2. The molecule has 0 rings (SSSR count). The first kappa shape index (κ1) is 55.3. The lowest BCUT2D eigenvalue weighted by Crippen LogP contribution is -2.46. The Labute approximate surface area is 358 Å². The van der Waals surface area contributed by atoms with Gasteiger partial charge in [0.15, 0.2) is 0 Å². The van der Waals surface area contributed by atoms with Crippen LogP contribution >= 0.6 is 0 Å². The number of amides is 1. The number of aliphatic hydroxyl groups is 2. The summed E-state index contributed by atoms with van der Waals surface area (Å²) >= 11 is 0. The minimum absolute atomic E-state index is 0.0413. The molecule has 6 heteroatoms. The highest BCUT2D eigenvalue weighted by Gasteiger charge is 2.23. The van der Waals surface area contributed by atoms with Crippen molar-refractivity contribution in [1.82, 2.24) is 5.32 Å². The molecule has 1 amide bonds. The molecule has 0 aliphatic rings. The summed E-state index contributed by atoms with van der Waals surface area (Å²) in [5.74, 6) is -0.634. The van der Waals surface area contributed by atoms with Crippen LogP contribution in [-0.2, 0) is 14.3 Å². The first-order valence-electron chi connectivity index (χ1n) is 24.2. The summed E-state index contributed by atoms with van der Waals surface area (Å²) in [5, 5.41) is 23.6. The molecule has 0 aliphatic carbocycles. The Balaban J connectivity index is 4.69. The molecule has 6 nitrogen and oxygen atoms in total. The third-order valence-corrected chi connectivity index (χ3v) is 10.6. The van der Waals surface area contributed by atoms with Gasteiger partial charge in [-0.05, 0) is 63.9 Å². The van der Waals surface area contributed by atoms with Gasteiger partial charge in [0.25, 0.3) is 0 Å². The fourth-order valence-electron chi connectivity index (χ4n) is 6.88. The number of unbranched alkanes of at least 4 members (excludes halogenated alkanes) is 23. The molecule has 0 saturated carbocycles. The van der Waals surface area contributed by atoms with Crippen molar-refractivity contribution in [3.8, 4) is 0 Å². The zero-order valence-electron chi connectivity index (χ0n) is 37.9. The summed E-state index contributed by atoms with van der Waals surface area (Å²) in [5.41, 5.74) is 0. The van der Waals surface area contributed by atoms with E-state index >= 15 is 0 Å². The maximum absolute atomic E-state index is 13.1. The Morgan fingerprint density at radius 3 is 1.53 bits per heavy atom. The number of aliphatic hydroxyl groups excluding tert-OH is 2. The summed E-state index contributed by atoms with van der Waals surface area (Å²) in [4.78, 5) is 26.0. The van der Waals surface area contributed by atoms with E-state index in [1.807, 2.05) is 12.2 Å². The molecule has 0 spiro atoms. The summed E-state index contributed by atoms with van der Waals surface area (Å²) in [6.45, 7) is 6.37. The average molecular weight is 810 g/mol. The molecule has 0 fully saturated rings. The molecule has 58 heavy (non-hydrogen) atoms. The average Bonchev–Trinajstić information content (AvgIpc) is 3.22. The van der Waals surface area contributed by atoms with Crippen molar-refractivity contribution in [1.29, 1.82) is 0 Å². The Morgan fingerprint density at radius 2 is 0.983 bits per heavy atom. The van der Waals surface area contributed by atoms with Crippen molar-refractivity contribution in [2.75, 3.05) is 6.61 Å². The van der Waals surface area contributed by atoms with E-state index in [0.29, 0.717) is 19.3 Å². The molecule has 3 atom stereocenters. The predicted molar refractivity (Wildman–Crippen MR) is 250 cm³/mol. The van der Waals surface area contributed by atoms with Crippen molar-refractivity contribution >= 4 is 11.9 Å². The second-order valence-electron chi connectivity index (χ2n) is 16.2. The first-order chi connectivity index (χ1) is 28.5. The van der Waals surface area contributed by atoms with Crippen LogP contribution in [-0.4, -0.2) is 46.9 Å². The highest BCUT2D eigenvalue weighted by atomic mass is 16.5. The van der Waals surface area contributed by atoms with E-state index in [2.05, 4.69) is 86.8 Å². The zero-order valence-corrected chi connectivity index (χ0v) is 37.9. The summed E-state index contributed by atoms with van der Waals surface area (Å²) in [6, 6.07) is -0.738. The van der Waals surface area contributed by atoms with E-state index in [4.69, 9.17) is 4.74 Å². The third kappa shape index (κ3) is 40.1. The Kier molecular flexibility index (Phi) is 43.3. The second kappa shape index (κ2) is 45.4. The van der Waals surface area contributed by atoms with E-state index < -0.39 is 18.2 Å². The van der Waals surface area contributed by atoms with Gasteiger partial charge in [-0.2, -0.15) is 0 Å². The highest BCUT2D eigenvalue weighted by Crippen LogP contribution is 2.15. The van der Waals surface area contributed by atoms with Gasteiger partial charge in [0.1, 0.15) is 6.10 Å². The molecule has 0 aliphatic heterocycles. The van der Waals surface area contributed by atoms with Gasteiger partial charge in [-0.1, -0.05) is 216 Å². The van der Waals surface area contributed by atoms with Crippen LogP contribution in [0.2, 0.25) is 0 Å². The summed E-state index contributed by atoms with van der Waals surface area (Å²) < 4.78 is 5.80. The minimum atomic E-state index is -0.816. The highest BCUT2D eigenvalue weighted by molar-refractivity contribution is 5.78. The number of carbonyl (C=O) groups is 2. The molecule has 3 unspecified atom stereocenters. The van der Waals surface area contributed by atoms with Gasteiger partial charge >= 0.3 is 5.97 Å². The lowest BCUT2D eigenvalue weighted by Gasteiger charge is -2.23. The molecule has 0 radical (unpaired) electrons. The van der Waals surface area contributed by atoms with Gasteiger partial charge in [-0.25, -0.2) is 0 Å². The van der Waals surface area contributed by atoms with Crippen molar-refractivity contribution in [2.45, 2.75) is 238 Å². The normalized spacial score (nSPS) is 13.9. The van der Waals surface area contributed by atoms with Gasteiger partial charge in [-0.15, -0.1) is 0 Å². The number of nitrogens with one attached hydrogen (secondary N) is 1. The number of hydrogen-bond donors (Lipinski definition) is 3. The maximum Gasteiger partial charge on any atom is 0.306 e. The summed E-state index contributed by atoms with van der Waals surface area (Å²) in [6.07, 6.45) is 57.0. The second-order valence-corrected chi connectivity index (χ2v) is 16.2. The van der Waals surface area contributed by atoms with Gasteiger partial charge in [-0.3, -0.25) is 9.59 Å². The molecule has 334 valence electrons. The molecule has 0 bridgehead atoms. The number of hydrogen-bond acceptors (Lipinski definition) is 5. The largest absolute Gasteiger partial charge is 0.458 e. The Hall–Kier alpha value is -2.70. The van der Waals surface area contributed by atoms with Gasteiger partial charge in [0.05, 0.1) is 25.2 Å². The summed E-state index contributed by atoms with van der Waals surface area (Å²) in [7, 11) is 0. The molecule has 0 aromatic rings. The first-order valence-corrected chi connectivity index (χ1v) is 24.2. The quantitative estimate of drug-likeness (QED) is 0.0247. The Morgan fingerprint density at radius 1 is 0.534 bits per heavy atom. The van der Waals surface area contributed by atoms with Crippen LogP contribution in [0.4, 0.5) is 0 Å². The van der Waals surface area contributed by atoms with Crippen LogP contribution in [0.1, 0.15) is 220 Å². The van der Waals surface area contributed by atoms with E-state index in [1.165, 1.54) is 103 Å². The molecule has 0 saturated heterocycles. The van der Waals surface area contributed by atoms with Gasteiger partial charge < -0.3 is 20.3 Å². The standard InChI is InChI=1S/C52H91NO5/c1-4-7-10-13-16-19-22-23-24-25-26-27-28-30-33-36-39-42-45-52(57)58-48(43-40-37-34-31-29-20-17-14-11-8-5-2)46-51(56)53-49(47-54)50(55)44-41-38-35-32-21-18-15-12-9-6-3/h16,19,22-27,31,34,40,43,48-50,54-55H,4-15,17-18,20-21,28-30,32-33,35-39,41-42,44-47H2,1-3H3,(H,53,56)/b19-16+,23-22+,25-24+,27-26+,34-31-,43-40+. The molecular weight excluding hydrogens is 719 g/mol. The van der Waals surface area contributed by atoms with E-state index in [1.54, 1.807) is 0 Å². The van der Waals surface area contributed by atoms with Crippen LogP contribution in [0, 0.1) is 0 Å². The monoisotopic (exact) mass is 810 g/mol. The van der Waals surface area contributed by atoms with Crippen LogP contribution in [0.3, 0.4) is 0 Å². The van der Waals surface area contributed by atoms with E-state index in [-0.39, 0.29) is 24.9 Å². The van der Waals surface area contributed by atoms with Crippen molar-refractivity contribution < 1.29 is 24.5 Å². The van der Waals surface area contributed by atoms with Crippen molar-refractivity contribution in [2.24, 2.45) is 0 Å². The van der Waals surface area contributed by atoms with Gasteiger partial charge in [0, 0.05) is 6.42 Å². The number of carbonyl (C=O) groups excluding carboxylic acids is 2. The lowest BCUT2D eigenvalue weighted by molar-refractivity contribution is -0.148. The number of ether oxygens (including phenoxy) is 1. The fraction of sp³-hybridized carbons (Fsp3) is 0.731. The number of rotatable bonds is 42. The van der Waals surface area contributed by atoms with E-state index in [9.17, 15) is 19.8 Å². The lowest BCUT2D eigenvalue weighted by atomic mass is 10.0. The van der Waals surface area contributed by atoms with Crippen LogP contribution in [0.25, 0.3) is 0 Å². The maximum atomic E-state index is 13.1. The smallest absolute Gasteiger partial charge is 0.306 e. The molecule has 0 aromatic carbocycles. The van der Waals surface area contributed by atoms with Crippen LogP contribution in [0.5, 0.6) is 0 Å². The van der Waals surface area contributed by atoms with E-state index in [0.717, 1.165) is 70.6 Å². The molecule has 3 N–H and O–H groups in total. The molecular formula is C52H91NO5. The fourth-order valence-corrected chi connectivity index (χ4v) is 6.88. The third-order valence-electron chi connectivity index (χ3n) is 10.6. The number of esters is 1. The van der Waals surface area contributed by atoms with Crippen LogP contribution < -0.4 is 5.32 Å². The van der Waals surface area contributed by atoms with Gasteiger partial charge in [0.2, 0.25) is 5.91 Å².